The molecule has 0 bridgehead atoms. The van der Waals surface area contributed by atoms with Crippen LogP contribution in [0, 0.1) is 17.2 Å². The van der Waals surface area contributed by atoms with Crippen LogP contribution in [0.3, 0.4) is 0 Å². The van der Waals surface area contributed by atoms with Gasteiger partial charge in [-0.3, -0.25) is 24.4 Å². The molecule has 0 saturated carbocycles. The fraction of sp³-hybridized carbons (Fsp3) is 0.613. The summed E-state index contributed by atoms with van der Waals surface area (Å²) >= 11 is 0. The van der Waals surface area contributed by atoms with Crippen molar-refractivity contribution in [3.8, 4) is 6.07 Å². The lowest BCUT2D eigenvalue weighted by molar-refractivity contribution is -0.175. The average Bonchev–Trinajstić information content (AvgIpc) is 3.67. The number of likely N-dealkylation sites (tertiary alicyclic amines) is 2. The molecule has 1 amide bonds. The molecule has 1 aromatic heterocycles. The number of rotatable bonds is 7. The van der Waals surface area contributed by atoms with Gasteiger partial charge in [0.25, 0.3) is 5.91 Å². The van der Waals surface area contributed by atoms with E-state index in [0.29, 0.717) is 45.4 Å². The van der Waals surface area contributed by atoms with E-state index in [4.69, 9.17) is 0 Å². The minimum atomic E-state index is -4.62. The van der Waals surface area contributed by atoms with Crippen molar-refractivity contribution in [3.05, 3.63) is 42.0 Å². The first-order valence-corrected chi connectivity index (χ1v) is 15.6. The van der Waals surface area contributed by atoms with Gasteiger partial charge in [0.2, 0.25) is 6.17 Å². The van der Waals surface area contributed by atoms with Gasteiger partial charge in [0.05, 0.1) is 36.4 Å². The molecule has 246 valence electrons. The number of nitrogens with one attached hydrogen (secondary N) is 2. The fourth-order valence-electron chi connectivity index (χ4n) is 6.78. The Labute approximate surface area is 266 Å². The number of alkyl halides is 3. The van der Waals surface area contributed by atoms with Crippen LogP contribution in [0.15, 0.2) is 51.4 Å². The number of aromatic nitrogens is 2. The van der Waals surface area contributed by atoms with Crippen LogP contribution in [0.2, 0.25) is 0 Å². The summed E-state index contributed by atoms with van der Waals surface area (Å²) in [5.74, 6) is 0.468. The van der Waals surface area contributed by atoms with Crippen molar-refractivity contribution < 1.29 is 18.0 Å². The Balaban J connectivity index is 1.08. The Morgan fingerprint density at radius 3 is 2.63 bits per heavy atom. The summed E-state index contributed by atoms with van der Waals surface area (Å²) in [6, 6.07) is 2.40. The highest BCUT2D eigenvalue weighted by atomic mass is 19.4. The van der Waals surface area contributed by atoms with E-state index in [0.717, 1.165) is 16.3 Å². The minimum Gasteiger partial charge on any atom is -0.350 e. The van der Waals surface area contributed by atoms with Crippen LogP contribution in [0.25, 0.3) is 0 Å². The van der Waals surface area contributed by atoms with Gasteiger partial charge >= 0.3 is 6.18 Å². The molecule has 46 heavy (non-hydrogen) atoms. The number of nitrogens with zero attached hydrogens (tertiary/aromatic N) is 9. The topological polar surface area (TPSA) is 130 Å². The summed E-state index contributed by atoms with van der Waals surface area (Å²) in [5.41, 5.74) is 0.372. The second-order valence-electron chi connectivity index (χ2n) is 13.7. The minimum absolute atomic E-state index is 0.00229. The lowest BCUT2D eigenvalue weighted by Gasteiger charge is -2.53. The molecule has 0 aromatic carbocycles. The second-order valence-corrected chi connectivity index (χ2v) is 13.7. The van der Waals surface area contributed by atoms with Gasteiger partial charge in [-0.1, -0.05) is 6.08 Å². The Kier molecular flexibility index (Phi) is 8.30. The van der Waals surface area contributed by atoms with Crippen molar-refractivity contribution in [2.24, 2.45) is 20.9 Å². The zero-order valence-electron chi connectivity index (χ0n) is 26.5. The number of amidine groups is 1. The van der Waals surface area contributed by atoms with Crippen LogP contribution >= 0.6 is 0 Å². The highest BCUT2D eigenvalue weighted by molar-refractivity contribution is 6.05. The molecule has 15 heteroatoms. The average molecular weight is 640 g/mol. The first kappa shape index (κ1) is 31.9. The van der Waals surface area contributed by atoms with E-state index in [9.17, 15) is 23.2 Å². The zero-order chi connectivity index (χ0) is 32.9. The summed E-state index contributed by atoms with van der Waals surface area (Å²) < 4.78 is 43.7. The molecule has 6 heterocycles. The predicted molar refractivity (Wildman–Crippen MR) is 167 cm³/mol. The highest BCUT2D eigenvalue weighted by Gasteiger charge is 2.50. The Morgan fingerprint density at radius 2 is 1.96 bits per heavy atom. The van der Waals surface area contributed by atoms with Crippen molar-refractivity contribution in [3.63, 3.8) is 0 Å². The Morgan fingerprint density at radius 1 is 1.22 bits per heavy atom. The summed E-state index contributed by atoms with van der Waals surface area (Å²) in [4.78, 5) is 31.3. The number of amides is 1. The molecule has 0 aliphatic carbocycles. The van der Waals surface area contributed by atoms with Crippen LogP contribution in [0.4, 0.5) is 13.2 Å². The standard InChI is InChI=1S/C31H40F3N11O/c1-29(2,3)39-15-21-13-24(42(4)28(41-21)31(32,33)34)27(46)43-11-6-22(7-12-43)44-17-30(18-44,8-9-35)45-16-20(14-40-45)25-23-5-10-36-26(23)38-19-37-25/h5,10,13-14,16,19,22-23,25,28,39H,6-8,11-12,15,17-18H2,1-4H3,(H,36,37,38). The molecular formula is C31H40F3N11O. The number of aliphatic imine (C=N–C) groups is 3. The van der Waals surface area contributed by atoms with Gasteiger partial charge in [0.15, 0.2) is 0 Å². The van der Waals surface area contributed by atoms with Gasteiger partial charge in [-0.25, -0.2) is 4.99 Å². The van der Waals surface area contributed by atoms with Crippen molar-refractivity contribution in [2.45, 2.75) is 75.5 Å². The summed E-state index contributed by atoms with van der Waals surface area (Å²) in [5, 5.41) is 20.7. The number of likely N-dealkylation sites (N-methyl/N-ethyl adjacent to an activating group) is 1. The molecule has 5 aliphatic rings. The van der Waals surface area contributed by atoms with Crippen LogP contribution in [-0.2, 0) is 10.3 Å². The molecule has 1 aromatic rings. The van der Waals surface area contributed by atoms with Crippen molar-refractivity contribution in [2.75, 3.05) is 39.8 Å². The largest absolute Gasteiger partial charge is 0.429 e. The molecule has 0 spiro atoms. The molecule has 2 saturated heterocycles. The van der Waals surface area contributed by atoms with Crippen LogP contribution in [0.1, 0.15) is 51.6 Å². The first-order valence-electron chi connectivity index (χ1n) is 15.6. The van der Waals surface area contributed by atoms with E-state index < -0.39 is 23.8 Å². The third kappa shape index (κ3) is 6.20. The van der Waals surface area contributed by atoms with Crippen LogP contribution in [-0.4, -0.2) is 112 Å². The van der Waals surface area contributed by atoms with Gasteiger partial charge in [-0.15, -0.1) is 0 Å². The third-order valence-electron chi connectivity index (χ3n) is 9.37. The number of carbonyl (C=O) groups excluding carboxylic acids is 1. The van der Waals surface area contributed by atoms with E-state index >= 15 is 0 Å². The number of hydrogen-bond acceptors (Lipinski definition) is 10. The number of carbonyl (C=O) groups is 1. The zero-order valence-corrected chi connectivity index (χ0v) is 26.5. The van der Waals surface area contributed by atoms with E-state index in [1.54, 1.807) is 11.2 Å². The number of nitriles is 1. The van der Waals surface area contributed by atoms with E-state index in [1.165, 1.54) is 13.1 Å². The first-order chi connectivity index (χ1) is 21.8. The van der Waals surface area contributed by atoms with E-state index in [-0.39, 0.29) is 41.5 Å². The molecule has 2 fully saturated rings. The maximum absolute atomic E-state index is 13.9. The van der Waals surface area contributed by atoms with E-state index in [2.05, 4.69) is 41.7 Å². The van der Waals surface area contributed by atoms with Gasteiger partial charge < -0.3 is 20.4 Å². The molecule has 12 nitrogen and oxygen atoms in total. The Hall–Kier alpha value is -4.03. The van der Waals surface area contributed by atoms with Crippen molar-refractivity contribution in [1.82, 2.24) is 35.1 Å². The predicted octanol–water partition coefficient (Wildman–Crippen LogP) is 2.56. The lowest BCUT2D eigenvalue weighted by Crippen LogP contribution is -2.66. The SMILES string of the molecule is CN1C(C(=O)N2CCC(N3CC(CC#N)(n4cc(C5N=CN=C6NC=CC65)cn4)C3)CC2)=CC(CNC(C)(C)C)=NC1C(F)(F)F. The van der Waals surface area contributed by atoms with Crippen molar-refractivity contribution in [1.29, 1.82) is 5.26 Å². The molecule has 0 radical (unpaired) electrons. The number of piperidine rings is 1. The van der Waals surface area contributed by atoms with Crippen LogP contribution in [0.5, 0.6) is 0 Å². The second kappa shape index (κ2) is 12.0. The maximum Gasteiger partial charge on any atom is 0.429 e. The molecule has 3 atom stereocenters. The van der Waals surface area contributed by atoms with E-state index in [1.807, 2.05) is 50.1 Å². The smallest absolute Gasteiger partial charge is 0.350 e. The van der Waals surface area contributed by atoms with Gasteiger partial charge in [0.1, 0.15) is 23.4 Å². The maximum atomic E-state index is 13.9. The highest BCUT2D eigenvalue weighted by Crippen LogP contribution is 2.38. The van der Waals surface area contributed by atoms with Gasteiger partial charge in [0, 0.05) is 63.1 Å². The quantitative estimate of drug-likeness (QED) is 0.469. The van der Waals surface area contributed by atoms with Crippen LogP contribution < -0.4 is 10.6 Å². The number of hydrogen-bond donors (Lipinski definition) is 2. The summed E-state index contributed by atoms with van der Waals surface area (Å²) in [6.45, 7) is 8.03. The monoisotopic (exact) mass is 639 g/mol. The normalized spacial score (nSPS) is 26.5. The molecule has 6 rings (SSSR count). The number of halogens is 3. The third-order valence-corrected chi connectivity index (χ3v) is 9.37. The van der Waals surface area contributed by atoms with Gasteiger partial charge in [-0.2, -0.15) is 23.5 Å². The molecule has 2 N–H and O–H groups in total. The number of fused-ring (bicyclic) bond motifs is 1. The summed E-state index contributed by atoms with van der Waals surface area (Å²) in [7, 11) is 1.27. The van der Waals surface area contributed by atoms with Gasteiger partial charge in [-0.05, 0) is 45.9 Å². The lowest BCUT2D eigenvalue weighted by atomic mass is 9.83. The fourth-order valence-corrected chi connectivity index (χ4v) is 6.78. The molecular weight excluding hydrogens is 599 g/mol. The summed E-state index contributed by atoms with van der Waals surface area (Å²) in [6.07, 6.45) is 5.70. The van der Waals surface area contributed by atoms with Crippen molar-refractivity contribution >= 4 is 23.8 Å². The Bertz CT molecular complexity index is 1530. The molecule has 3 unspecified atom stereocenters. The molecule has 5 aliphatic heterocycles.